The molecule has 0 unspecified atom stereocenters. The fourth-order valence-electron chi connectivity index (χ4n) is 4.27. The quantitative estimate of drug-likeness (QED) is 0.442. The molecule has 0 spiro atoms. The summed E-state index contributed by atoms with van der Waals surface area (Å²) in [6.07, 6.45) is 3.67. The molecule has 0 saturated carbocycles. The molecule has 2 heterocycles. The number of aryl methyl sites for hydroxylation is 1. The number of aromatic nitrogens is 1. The molecule has 1 N–H and O–H groups in total. The van der Waals surface area contributed by atoms with E-state index >= 15 is 0 Å². The second-order valence-electron chi connectivity index (χ2n) is 8.79. The summed E-state index contributed by atoms with van der Waals surface area (Å²) < 4.78 is 52.9. The topological polar surface area (TPSA) is 102 Å². The van der Waals surface area contributed by atoms with Crippen molar-refractivity contribution in [2.75, 3.05) is 19.7 Å². The van der Waals surface area contributed by atoms with E-state index < -0.39 is 15.8 Å². The van der Waals surface area contributed by atoms with E-state index in [2.05, 4.69) is 10.5 Å². The van der Waals surface area contributed by atoms with Gasteiger partial charge in [0.2, 0.25) is 15.9 Å². The molecule has 1 fully saturated rings. The number of ether oxygens (including phenoxy) is 1. The Hall–Kier alpha value is -3.50. The van der Waals surface area contributed by atoms with Crippen molar-refractivity contribution < 1.29 is 26.9 Å². The van der Waals surface area contributed by atoms with Crippen LogP contribution >= 0.6 is 0 Å². The van der Waals surface area contributed by atoms with Crippen LogP contribution in [0.3, 0.4) is 0 Å². The maximum Gasteiger partial charge on any atom is 0.248 e. The van der Waals surface area contributed by atoms with E-state index in [4.69, 9.17) is 9.26 Å². The van der Waals surface area contributed by atoms with Gasteiger partial charge in [-0.1, -0.05) is 35.5 Å². The standard InChI is InChI=1S/C27H30FN3O5S/c1-3-35-23-11-8-20(9-12-23)18-29-27(32)22-14-16-31(17-15-22)37(33,34)26-19(2)30-36-25(26)13-10-21-6-4-5-7-24(21)28/h4-13,22H,3,14-18H2,1-2H3,(H,29,32). The Labute approximate surface area is 216 Å². The van der Waals surface area contributed by atoms with E-state index in [1.807, 2.05) is 31.2 Å². The third kappa shape index (κ3) is 6.26. The van der Waals surface area contributed by atoms with Gasteiger partial charge < -0.3 is 14.6 Å². The number of nitrogens with zero attached hydrogens (tertiary/aromatic N) is 2. The SMILES string of the molecule is CCOc1ccc(CNC(=O)C2CCN(S(=O)(=O)c3c(C)noc3C=Cc3ccccc3F)CC2)cc1. The van der Waals surface area contributed by atoms with Gasteiger partial charge in [-0.05, 0) is 62.6 Å². The van der Waals surface area contributed by atoms with E-state index in [0.717, 1.165) is 11.3 Å². The van der Waals surface area contributed by atoms with Gasteiger partial charge in [-0.3, -0.25) is 4.79 Å². The van der Waals surface area contributed by atoms with Gasteiger partial charge in [0.25, 0.3) is 0 Å². The summed E-state index contributed by atoms with van der Waals surface area (Å²) >= 11 is 0. The van der Waals surface area contributed by atoms with Crippen molar-refractivity contribution in [2.24, 2.45) is 5.92 Å². The largest absolute Gasteiger partial charge is 0.494 e. The number of hydrogen-bond acceptors (Lipinski definition) is 6. The number of sulfonamides is 1. The van der Waals surface area contributed by atoms with Crippen LogP contribution in [0.2, 0.25) is 0 Å². The first-order valence-electron chi connectivity index (χ1n) is 12.2. The zero-order chi connectivity index (χ0) is 26.4. The van der Waals surface area contributed by atoms with Crippen LogP contribution in [0.1, 0.15) is 42.3 Å². The van der Waals surface area contributed by atoms with E-state index in [-0.39, 0.29) is 41.3 Å². The summed E-state index contributed by atoms with van der Waals surface area (Å²) in [4.78, 5) is 12.7. The second-order valence-corrected chi connectivity index (χ2v) is 10.7. The number of benzene rings is 2. The molecule has 4 rings (SSSR count). The van der Waals surface area contributed by atoms with Crippen LogP contribution in [-0.4, -0.2) is 43.5 Å². The van der Waals surface area contributed by atoms with Crippen LogP contribution in [0.4, 0.5) is 4.39 Å². The van der Waals surface area contributed by atoms with Crippen molar-refractivity contribution >= 4 is 28.1 Å². The van der Waals surface area contributed by atoms with Crippen molar-refractivity contribution in [1.82, 2.24) is 14.8 Å². The lowest BCUT2D eigenvalue weighted by molar-refractivity contribution is -0.126. The van der Waals surface area contributed by atoms with E-state index in [1.54, 1.807) is 25.1 Å². The molecule has 0 bridgehead atoms. The molecule has 8 nitrogen and oxygen atoms in total. The number of piperidine rings is 1. The monoisotopic (exact) mass is 527 g/mol. The number of carbonyl (C=O) groups excluding carboxylic acids is 1. The minimum absolute atomic E-state index is 0.0379. The lowest BCUT2D eigenvalue weighted by Gasteiger charge is -2.30. The minimum atomic E-state index is -3.92. The maximum atomic E-state index is 14.0. The summed E-state index contributed by atoms with van der Waals surface area (Å²) in [5, 5.41) is 6.77. The van der Waals surface area contributed by atoms with E-state index in [1.165, 1.54) is 22.5 Å². The molecule has 0 radical (unpaired) electrons. The van der Waals surface area contributed by atoms with Crippen molar-refractivity contribution in [3.8, 4) is 5.75 Å². The number of halogens is 1. The number of nitrogens with one attached hydrogen (secondary N) is 1. The van der Waals surface area contributed by atoms with Gasteiger partial charge in [0.05, 0.1) is 6.61 Å². The predicted octanol–water partition coefficient (Wildman–Crippen LogP) is 4.41. The summed E-state index contributed by atoms with van der Waals surface area (Å²) in [5.41, 5.74) is 1.48. The molecule has 37 heavy (non-hydrogen) atoms. The normalized spacial score (nSPS) is 15.2. The zero-order valence-corrected chi connectivity index (χ0v) is 21.6. The van der Waals surface area contributed by atoms with Crippen LogP contribution in [0.25, 0.3) is 12.2 Å². The fourth-order valence-corrected chi connectivity index (χ4v) is 5.99. The summed E-state index contributed by atoms with van der Waals surface area (Å²) in [7, 11) is -3.92. The number of hydrogen-bond donors (Lipinski definition) is 1. The van der Waals surface area contributed by atoms with E-state index in [0.29, 0.717) is 31.6 Å². The predicted molar refractivity (Wildman–Crippen MR) is 138 cm³/mol. The van der Waals surface area contributed by atoms with Gasteiger partial charge in [0.15, 0.2) is 10.7 Å². The van der Waals surface area contributed by atoms with Crippen molar-refractivity contribution in [2.45, 2.75) is 38.1 Å². The Morgan fingerprint density at radius 2 is 1.86 bits per heavy atom. The lowest BCUT2D eigenvalue weighted by atomic mass is 9.97. The molecule has 1 aliphatic heterocycles. The Balaban J connectivity index is 1.37. The van der Waals surface area contributed by atoms with Gasteiger partial charge in [-0.2, -0.15) is 4.31 Å². The molecule has 0 atom stereocenters. The molecule has 1 aromatic heterocycles. The van der Waals surface area contributed by atoms with E-state index in [9.17, 15) is 17.6 Å². The first-order chi connectivity index (χ1) is 17.8. The molecule has 196 valence electrons. The molecule has 0 aliphatic carbocycles. The molecule has 2 aromatic carbocycles. The number of carbonyl (C=O) groups is 1. The van der Waals surface area contributed by atoms with Crippen LogP contribution in [0.15, 0.2) is 57.9 Å². The smallest absolute Gasteiger partial charge is 0.248 e. The molecule has 1 aliphatic rings. The molecular formula is C27H30FN3O5S. The summed E-state index contributed by atoms with van der Waals surface area (Å²) in [6, 6.07) is 13.7. The van der Waals surface area contributed by atoms with Crippen molar-refractivity contribution in [1.29, 1.82) is 0 Å². The summed E-state index contributed by atoms with van der Waals surface area (Å²) in [6.45, 7) is 4.85. The molecule has 3 aromatic rings. The first-order valence-corrected chi connectivity index (χ1v) is 13.6. The highest BCUT2D eigenvalue weighted by Crippen LogP contribution is 2.29. The number of amides is 1. The van der Waals surface area contributed by atoms with Gasteiger partial charge in [0.1, 0.15) is 17.3 Å². The molecular weight excluding hydrogens is 497 g/mol. The number of rotatable bonds is 9. The summed E-state index contributed by atoms with van der Waals surface area (Å²) in [5.74, 6) is 0.0112. The highest BCUT2D eigenvalue weighted by atomic mass is 32.2. The van der Waals surface area contributed by atoms with Crippen LogP contribution in [0.5, 0.6) is 5.75 Å². The molecule has 1 amide bonds. The van der Waals surface area contributed by atoms with Gasteiger partial charge in [-0.15, -0.1) is 0 Å². The van der Waals surface area contributed by atoms with Crippen LogP contribution in [-0.2, 0) is 21.4 Å². The van der Waals surface area contributed by atoms with Crippen molar-refractivity contribution in [3.05, 3.63) is 76.9 Å². The average Bonchev–Trinajstić information content (AvgIpc) is 3.29. The Morgan fingerprint density at radius 1 is 1.16 bits per heavy atom. The fraction of sp³-hybridized carbons (Fsp3) is 0.333. The van der Waals surface area contributed by atoms with Crippen LogP contribution in [0, 0.1) is 18.7 Å². The highest BCUT2D eigenvalue weighted by Gasteiger charge is 2.35. The second kappa shape index (κ2) is 11.7. The lowest BCUT2D eigenvalue weighted by Crippen LogP contribution is -2.43. The van der Waals surface area contributed by atoms with Crippen molar-refractivity contribution in [3.63, 3.8) is 0 Å². The third-order valence-electron chi connectivity index (χ3n) is 6.28. The molecule has 10 heteroatoms. The first kappa shape index (κ1) is 26.6. The average molecular weight is 528 g/mol. The van der Waals surface area contributed by atoms with Gasteiger partial charge in [0, 0.05) is 31.1 Å². The van der Waals surface area contributed by atoms with Gasteiger partial charge >= 0.3 is 0 Å². The van der Waals surface area contributed by atoms with Crippen LogP contribution < -0.4 is 10.1 Å². The Kier molecular flexibility index (Phi) is 8.40. The highest BCUT2D eigenvalue weighted by molar-refractivity contribution is 7.89. The van der Waals surface area contributed by atoms with Gasteiger partial charge in [-0.25, -0.2) is 12.8 Å². The minimum Gasteiger partial charge on any atom is -0.494 e. The Bertz CT molecular complexity index is 1360. The maximum absolute atomic E-state index is 14.0. The zero-order valence-electron chi connectivity index (χ0n) is 20.8. The Morgan fingerprint density at radius 3 is 2.54 bits per heavy atom. The molecule has 1 saturated heterocycles. The third-order valence-corrected chi connectivity index (χ3v) is 8.33.